The molecule has 0 aliphatic carbocycles. The molecule has 1 heterocycles. The van der Waals surface area contributed by atoms with Gasteiger partial charge in [-0.3, -0.25) is 0 Å². The fourth-order valence-electron chi connectivity index (χ4n) is 2.73. The smallest absolute Gasteiger partial charge is 0.214 e. The van der Waals surface area contributed by atoms with Gasteiger partial charge in [-0.25, -0.2) is 8.42 Å². The van der Waals surface area contributed by atoms with E-state index in [1.54, 1.807) is 22.5 Å². The van der Waals surface area contributed by atoms with Crippen LogP contribution in [0.25, 0.3) is 0 Å². The van der Waals surface area contributed by atoms with Crippen LogP contribution in [0.5, 0.6) is 0 Å². The van der Waals surface area contributed by atoms with Crippen molar-refractivity contribution in [2.24, 2.45) is 0 Å². The predicted octanol–water partition coefficient (Wildman–Crippen LogP) is 2.85. The van der Waals surface area contributed by atoms with E-state index in [9.17, 15) is 13.7 Å². The van der Waals surface area contributed by atoms with Crippen LogP contribution in [0.3, 0.4) is 0 Å². The summed E-state index contributed by atoms with van der Waals surface area (Å²) in [5.41, 5.74) is 1.34. The summed E-state index contributed by atoms with van der Waals surface area (Å²) in [6.45, 7) is 4.10. The van der Waals surface area contributed by atoms with Crippen molar-refractivity contribution in [3.63, 3.8) is 0 Å². The number of anilines is 1. The van der Waals surface area contributed by atoms with E-state index in [4.69, 9.17) is 11.6 Å². The van der Waals surface area contributed by atoms with Gasteiger partial charge < -0.3 is 4.90 Å². The third-order valence-electron chi connectivity index (χ3n) is 4.06. The third kappa shape index (κ3) is 4.60. The van der Waals surface area contributed by atoms with Gasteiger partial charge in [0.2, 0.25) is 10.0 Å². The van der Waals surface area contributed by atoms with E-state index in [1.807, 2.05) is 4.90 Å². The first-order valence-electron chi connectivity index (χ1n) is 7.90. The Morgan fingerprint density at radius 2 is 1.91 bits per heavy atom. The number of rotatable bonds is 6. The molecule has 1 fully saturated rings. The first kappa shape index (κ1) is 18.1. The first-order valence-corrected chi connectivity index (χ1v) is 9.89. The van der Waals surface area contributed by atoms with E-state index in [0.29, 0.717) is 43.2 Å². The van der Waals surface area contributed by atoms with Crippen LogP contribution in [0.4, 0.5) is 5.69 Å². The second-order valence-corrected chi connectivity index (χ2v) is 8.21. The summed E-state index contributed by atoms with van der Waals surface area (Å²) in [7, 11) is -3.17. The van der Waals surface area contributed by atoms with Crippen LogP contribution in [0.1, 0.15) is 31.7 Å². The number of benzene rings is 1. The predicted molar refractivity (Wildman–Crippen MR) is 93.3 cm³/mol. The van der Waals surface area contributed by atoms with Gasteiger partial charge in [-0.15, -0.1) is 0 Å². The van der Waals surface area contributed by atoms with Gasteiger partial charge in [-0.2, -0.15) is 9.57 Å². The number of hydrogen-bond donors (Lipinski definition) is 0. The van der Waals surface area contributed by atoms with Crippen LogP contribution in [0.15, 0.2) is 18.2 Å². The van der Waals surface area contributed by atoms with Crippen LogP contribution in [-0.2, 0) is 10.0 Å². The number of sulfonamides is 1. The Kier molecular flexibility index (Phi) is 6.28. The fourth-order valence-corrected chi connectivity index (χ4v) is 4.44. The number of halogens is 1. The Bertz CT molecular complexity index is 677. The topological polar surface area (TPSA) is 64.4 Å². The highest BCUT2D eigenvalue weighted by Crippen LogP contribution is 2.26. The molecule has 0 bridgehead atoms. The molecule has 1 aliphatic heterocycles. The summed E-state index contributed by atoms with van der Waals surface area (Å²) in [5.74, 6) is 0.224. The lowest BCUT2D eigenvalue weighted by atomic mass is 10.1. The van der Waals surface area contributed by atoms with Gasteiger partial charge in [-0.05, 0) is 24.6 Å². The van der Waals surface area contributed by atoms with E-state index in [-0.39, 0.29) is 5.75 Å². The van der Waals surface area contributed by atoms with E-state index in [1.165, 1.54) is 0 Å². The molecular weight excluding hydrogens is 334 g/mol. The van der Waals surface area contributed by atoms with Gasteiger partial charge in [0.05, 0.1) is 17.0 Å². The molecule has 5 nitrogen and oxygen atoms in total. The van der Waals surface area contributed by atoms with Crippen LogP contribution in [0.2, 0.25) is 5.02 Å². The van der Waals surface area contributed by atoms with Gasteiger partial charge in [0.15, 0.2) is 0 Å². The van der Waals surface area contributed by atoms with Gasteiger partial charge in [0, 0.05) is 31.2 Å². The normalized spacial score (nSPS) is 16.3. The molecule has 1 aromatic carbocycles. The summed E-state index contributed by atoms with van der Waals surface area (Å²) in [4.78, 5) is 2.03. The maximum absolute atomic E-state index is 12.3. The van der Waals surface area contributed by atoms with Gasteiger partial charge in [0.1, 0.15) is 6.07 Å². The van der Waals surface area contributed by atoms with E-state index < -0.39 is 10.0 Å². The van der Waals surface area contributed by atoms with Crippen molar-refractivity contribution >= 4 is 27.3 Å². The molecule has 0 N–H and O–H groups in total. The average Bonchev–Trinajstić information content (AvgIpc) is 2.55. The number of piperazine rings is 1. The molecule has 23 heavy (non-hydrogen) atoms. The summed E-state index contributed by atoms with van der Waals surface area (Å²) in [5, 5.41) is 9.79. The van der Waals surface area contributed by atoms with Crippen LogP contribution in [-0.4, -0.2) is 44.7 Å². The minimum absolute atomic E-state index is 0.224. The second-order valence-electron chi connectivity index (χ2n) is 5.68. The highest BCUT2D eigenvalue weighted by atomic mass is 35.5. The number of hydrogen-bond acceptors (Lipinski definition) is 4. The summed E-state index contributed by atoms with van der Waals surface area (Å²) in [6.07, 6.45) is 2.66. The van der Waals surface area contributed by atoms with Gasteiger partial charge >= 0.3 is 0 Å². The minimum atomic E-state index is -3.17. The van der Waals surface area contributed by atoms with Crippen LogP contribution < -0.4 is 4.90 Å². The Morgan fingerprint density at radius 3 is 2.52 bits per heavy atom. The monoisotopic (exact) mass is 355 g/mol. The molecule has 0 aromatic heterocycles. The highest BCUT2D eigenvalue weighted by molar-refractivity contribution is 7.89. The molecule has 7 heteroatoms. The van der Waals surface area contributed by atoms with Crippen molar-refractivity contribution in [1.29, 1.82) is 5.26 Å². The standard InChI is InChI=1S/C16H22ClN3O2S/c1-2-3-4-11-23(21,22)20-9-7-19(8-10-20)16-12-15(17)6-5-14(16)13-18/h5-6,12H,2-4,7-11H2,1H3. The largest absolute Gasteiger partial charge is 0.368 e. The van der Waals surface area contributed by atoms with Crippen LogP contribution in [0, 0.1) is 11.3 Å². The van der Waals surface area contributed by atoms with Crippen molar-refractivity contribution in [2.45, 2.75) is 26.2 Å². The Balaban J connectivity index is 2.02. The zero-order valence-electron chi connectivity index (χ0n) is 13.3. The number of nitriles is 1. The van der Waals surface area contributed by atoms with E-state index in [0.717, 1.165) is 18.5 Å². The molecule has 0 unspecified atom stereocenters. The molecule has 0 atom stereocenters. The molecular formula is C16H22ClN3O2S. The summed E-state index contributed by atoms with van der Waals surface area (Å²) in [6, 6.07) is 7.33. The van der Waals surface area contributed by atoms with Crippen molar-refractivity contribution < 1.29 is 8.42 Å². The quantitative estimate of drug-likeness (QED) is 0.736. The number of nitrogens with zero attached hydrogens (tertiary/aromatic N) is 3. The molecule has 0 saturated carbocycles. The summed E-state index contributed by atoms with van der Waals surface area (Å²) >= 11 is 6.02. The Labute approximate surface area is 143 Å². The van der Waals surface area contributed by atoms with E-state index >= 15 is 0 Å². The highest BCUT2D eigenvalue weighted by Gasteiger charge is 2.27. The molecule has 0 radical (unpaired) electrons. The van der Waals surface area contributed by atoms with Crippen molar-refractivity contribution in [2.75, 3.05) is 36.8 Å². The van der Waals surface area contributed by atoms with Gasteiger partial charge in [0.25, 0.3) is 0 Å². The lowest BCUT2D eigenvalue weighted by molar-refractivity contribution is 0.384. The molecule has 1 aliphatic rings. The third-order valence-corrected chi connectivity index (χ3v) is 6.25. The maximum Gasteiger partial charge on any atom is 0.214 e. The van der Waals surface area contributed by atoms with E-state index in [2.05, 4.69) is 13.0 Å². The zero-order chi connectivity index (χ0) is 16.9. The maximum atomic E-state index is 12.3. The Morgan fingerprint density at radius 1 is 1.22 bits per heavy atom. The minimum Gasteiger partial charge on any atom is -0.368 e. The Hall–Kier alpha value is -1.29. The molecule has 0 spiro atoms. The molecule has 1 saturated heterocycles. The summed E-state index contributed by atoms with van der Waals surface area (Å²) < 4.78 is 26.2. The first-order chi connectivity index (χ1) is 11.0. The SMILES string of the molecule is CCCCCS(=O)(=O)N1CCN(c2cc(Cl)ccc2C#N)CC1. The lowest BCUT2D eigenvalue weighted by Gasteiger charge is -2.35. The van der Waals surface area contributed by atoms with Crippen molar-refractivity contribution in [1.82, 2.24) is 4.31 Å². The fraction of sp³-hybridized carbons (Fsp3) is 0.562. The van der Waals surface area contributed by atoms with Gasteiger partial charge in [-0.1, -0.05) is 31.4 Å². The molecule has 126 valence electrons. The zero-order valence-corrected chi connectivity index (χ0v) is 14.9. The average molecular weight is 356 g/mol. The second kappa shape index (κ2) is 8.00. The molecule has 0 amide bonds. The number of unbranched alkanes of at least 4 members (excludes halogenated alkanes) is 2. The molecule has 1 aromatic rings. The lowest BCUT2D eigenvalue weighted by Crippen LogP contribution is -2.49. The van der Waals surface area contributed by atoms with Crippen LogP contribution >= 0.6 is 11.6 Å². The van der Waals surface area contributed by atoms with Crippen molar-refractivity contribution in [3.8, 4) is 6.07 Å². The molecule has 2 rings (SSSR count). The van der Waals surface area contributed by atoms with Crippen molar-refractivity contribution in [3.05, 3.63) is 28.8 Å².